The average molecular weight is 157 g/mol. The van der Waals surface area contributed by atoms with Gasteiger partial charge >= 0.3 is 0 Å². The first-order valence-corrected chi connectivity index (χ1v) is 4.87. The molecule has 1 aliphatic heterocycles. The van der Waals surface area contributed by atoms with Gasteiger partial charge in [-0.05, 0) is 10.8 Å². The smallest absolute Gasteiger partial charge is 0.0940 e. The van der Waals surface area contributed by atoms with Crippen molar-refractivity contribution in [2.24, 2.45) is 0 Å². The first-order chi connectivity index (χ1) is 4.72. The normalized spacial score (nSPS) is 22.6. The highest BCUT2D eigenvalue weighted by Crippen LogP contribution is 2.40. The van der Waals surface area contributed by atoms with Gasteiger partial charge in [0.05, 0.1) is 5.44 Å². The second kappa shape index (κ2) is 3.26. The Kier molecular flexibility index (Phi) is 2.57. The van der Waals surface area contributed by atoms with E-state index in [-0.39, 0.29) is 16.3 Å². The van der Waals surface area contributed by atoms with Gasteiger partial charge in [0, 0.05) is 5.92 Å². The SMILES string of the molecule is C[C](C)C(O)[SH]1C=CC=C1. The molecule has 0 aromatic rings. The molecule has 57 valence electrons. The number of allylic oxidation sites excluding steroid dienone is 2. The maximum absolute atomic E-state index is 9.52. The third-order valence-corrected chi connectivity index (χ3v) is 3.54. The lowest BCUT2D eigenvalue weighted by Gasteiger charge is -2.21. The summed E-state index contributed by atoms with van der Waals surface area (Å²) in [5, 5.41) is 13.7. The molecule has 1 heterocycles. The molecular weight excluding hydrogens is 144 g/mol. The van der Waals surface area contributed by atoms with E-state index in [0.717, 1.165) is 5.92 Å². The fourth-order valence-corrected chi connectivity index (χ4v) is 2.43. The van der Waals surface area contributed by atoms with Crippen LogP contribution in [0.15, 0.2) is 23.0 Å². The molecule has 0 aromatic carbocycles. The van der Waals surface area contributed by atoms with Crippen molar-refractivity contribution in [2.75, 3.05) is 0 Å². The maximum atomic E-state index is 9.52. The van der Waals surface area contributed by atoms with Gasteiger partial charge in [-0.25, -0.2) is 0 Å². The van der Waals surface area contributed by atoms with Gasteiger partial charge < -0.3 is 5.11 Å². The fourth-order valence-electron chi connectivity index (χ4n) is 0.809. The molecular formula is C8H13OS. The molecule has 1 aliphatic rings. The van der Waals surface area contributed by atoms with Gasteiger partial charge in [0.15, 0.2) is 0 Å². The molecule has 0 saturated carbocycles. The lowest BCUT2D eigenvalue weighted by Crippen LogP contribution is -2.09. The fraction of sp³-hybridized carbons (Fsp3) is 0.375. The number of hydrogen-bond donors (Lipinski definition) is 2. The Bertz CT molecular complexity index is 149. The molecule has 0 fully saturated rings. The molecule has 0 saturated heterocycles. The van der Waals surface area contributed by atoms with E-state index in [1.54, 1.807) is 0 Å². The minimum atomic E-state index is -0.388. The summed E-state index contributed by atoms with van der Waals surface area (Å²) in [6, 6.07) is 0. The van der Waals surface area contributed by atoms with Gasteiger partial charge in [-0.3, -0.25) is 0 Å². The summed E-state index contributed by atoms with van der Waals surface area (Å²) in [5.74, 6) is 1.10. The van der Waals surface area contributed by atoms with Crippen LogP contribution in [0.3, 0.4) is 0 Å². The Morgan fingerprint density at radius 1 is 1.30 bits per heavy atom. The van der Waals surface area contributed by atoms with Gasteiger partial charge in [-0.1, -0.05) is 26.0 Å². The maximum Gasteiger partial charge on any atom is 0.0940 e. The van der Waals surface area contributed by atoms with Gasteiger partial charge in [-0.15, -0.1) is 0 Å². The van der Waals surface area contributed by atoms with Crippen molar-refractivity contribution in [3.63, 3.8) is 0 Å². The number of rotatable bonds is 2. The zero-order chi connectivity index (χ0) is 7.56. The van der Waals surface area contributed by atoms with Crippen LogP contribution in [-0.4, -0.2) is 10.5 Å². The van der Waals surface area contributed by atoms with Crippen LogP contribution in [0.25, 0.3) is 0 Å². The summed E-state index contributed by atoms with van der Waals surface area (Å²) in [6.07, 6.45) is 4.00. The van der Waals surface area contributed by atoms with E-state index < -0.39 is 0 Å². The average Bonchev–Trinajstić information content (AvgIpc) is 2.36. The Hall–Kier alpha value is -0.210. The standard InChI is InChI=1S/C8H13OS/c1-7(2)8(9)10-5-3-4-6-10/h3-6,8-10H,1-2H3. The Labute approximate surface area is 64.8 Å². The summed E-state index contributed by atoms with van der Waals surface area (Å²) in [6.45, 7) is 3.93. The van der Waals surface area contributed by atoms with Gasteiger partial charge in [0.1, 0.15) is 0 Å². The van der Waals surface area contributed by atoms with Crippen LogP contribution >= 0.6 is 10.9 Å². The predicted molar refractivity (Wildman–Crippen MR) is 47.9 cm³/mol. The number of hydrogen-bond acceptors (Lipinski definition) is 1. The van der Waals surface area contributed by atoms with Crippen molar-refractivity contribution in [1.29, 1.82) is 0 Å². The minimum Gasteiger partial charge on any atom is -0.383 e. The first kappa shape index (κ1) is 7.89. The van der Waals surface area contributed by atoms with Gasteiger partial charge in [0.2, 0.25) is 0 Å². The Morgan fingerprint density at radius 3 is 2.20 bits per heavy atom. The lowest BCUT2D eigenvalue weighted by molar-refractivity contribution is 0.276. The molecule has 1 radical (unpaired) electrons. The van der Waals surface area contributed by atoms with Crippen LogP contribution in [0.4, 0.5) is 0 Å². The van der Waals surface area contributed by atoms with Crippen molar-refractivity contribution in [3.8, 4) is 0 Å². The molecule has 2 heteroatoms. The molecule has 1 nitrogen and oxygen atoms in total. The minimum absolute atomic E-state index is 0.231. The van der Waals surface area contributed by atoms with Crippen molar-refractivity contribution < 1.29 is 5.11 Å². The van der Waals surface area contributed by atoms with E-state index in [2.05, 4.69) is 10.8 Å². The Morgan fingerprint density at radius 2 is 1.80 bits per heavy atom. The van der Waals surface area contributed by atoms with E-state index in [4.69, 9.17) is 0 Å². The molecule has 1 rings (SSSR count). The van der Waals surface area contributed by atoms with Crippen molar-refractivity contribution in [2.45, 2.75) is 19.3 Å². The molecule has 0 spiro atoms. The third-order valence-electron chi connectivity index (χ3n) is 1.43. The zero-order valence-corrected chi connectivity index (χ0v) is 7.18. The van der Waals surface area contributed by atoms with Crippen LogP contribution in [0, 0.1) is 5.92 Å². The topological polar surface area (TPSA) is 20.2 Å². The second-order valence-corrected chi connectivity index (χ2v) is 4.56. The molecule has 1 unspecified atom stereocenters. The highest BCUT2D eigenvalue weighted by Gasteiger charge is 2.15. The summed E-state index contributed by atoms with van der Waals surface area (Å²) in [5.41, 5.74) is -0.231. The number of thiol groups is 1. The van der Waals surface area contributed by atoms with Crippen molar-refractivity contribution in [1.82, 2.24) is 0 Å². The van der Waals surface area contributed by atoms with E-state index in [1.165, 1.54) is 0 Å². The molecule has 1 N–H and O–H groups in total. The summed E-state index contributed by atoms with van der Waals surface area (Å²) < 4.78 is 0. The summed E-state index contributed by atoms with van der Waals surface area (Å²) >= 11 is 0. The first-order valence-electron chi connectivity index (χ1n) is 3.32. The highest BCUT2D eigenvalue weighted by atomic mass is 32.2. The van der Waals surface area contributed by atoms with Gasteiger partial charge in [-0.2, -0.15) is 10.9 Å². The highest BCUT2D eigenvalue weighted by molar-refractivity contribution is 8.22. The van der Waals surface area contributed by atoms with Crippen LogP contribution < -0.4 is 0 Å². The summed E-state index contributed by atoms with van der Waals surface area (Å²) in [7, 11) is -0.388. The zero-order valence-electron chi connectivity index (χ0n) is 6.28. The predicted octanol–water partition coefficient (Wildman–Crippen LogP) is 1.96. The number of aliphatic hydroxyl groups excluding tert-OH is 1. The van der Waals surface area contributed by atoms with Crippen LogP contribution in [0.5, 0.6) is 0 Å². The quantitative estimate of drug-likeness (QED) is 0.587. The van der Waals surface area contributed by atoms with E-state index in [9.17, 15) is 5.11 Å². The molecule has 0 bridgehead atoms. The third kappa shape index (κ3) is 1.64. The number of aliphatic hydroxyl groups is 1. The van der Waals surface area contributed by atoms with E-state index in [0.29, 0.717) is 0 Å². The monoisotopic (exact) mass is 157 g/mol. The Balaban J connectivity index is 2.49. The van der Waals surface area contributed by atoms with Gasteiger partial charge in [0.25, 0.3) is 0 Å². The van der Waals surface area contributed by atoms with Crippen LogP contribution in [-0.2, 0) is 0 Å². The van der Waals surface area contributed by atoms with Crippen molar-refractivity contribution >= 4 is 10.9 Å². The molecule has 1 atom stereocenters. The lowest BCUT2D eigenvalue weighted by atomic mass is 10.2. The van der Waals surface area contributed by atoms with E-state index >= 15 is 0 Å². The van der Waals surface area contributed by atoms with E-state index in [1.807, 2.05) is 26.0 Å². The van der Waals surface area contributed by atoms with Crippen LogP contribution in [0.2, 0.25) is 0 Å². The summed E-state index contributed by atoms with van der Waals surface area (Å²) in [4.78, 5) is 0. The van der Waals surface area contributed by atoms with Crippen LogP contribution in [0.1, 0.15) is 13.8 Å². The van der Waals surface area contributed by atoms with Crippen molar-refractivity contribution in [3.05, 3.63) is 28.9 Å². The molecule has 0 aliphatic carbocycles. The second-order valence-electron chi connectivity index (χ2n) is 2.58. The molecule has 0 amide bonds. The molecule has 10 heavy (non-hydrogen) atoms. The largest absolute Gasteiger partial charge is 0.383 e. The molecule has 0 aromatic heterocycles.